The second kappa shape index (κ2) is 8.14. The largest absolute Gasteiger partial charge is 0.354 e. The van der Waals surface area contributed by atoms with Gasteiger partial charge in [0.25, 0.3) is 5.91 Å². The molecule has 5 nitrogen and oxygen atoms in total. The van der Waals surface area contributed by atoms with Crippen LogP contribution in [-0.4, -0.2) is 43.0 Å². The number of aromatic nitrogens is 1. The number of rotatable bonds is 7. The van der Waals surface area contributed by atoms with Crippen molar-refractivity contribution in [1.29, 1.82) is 0 Å². The molecule has 0 aliphatic carbocycles. The van der Waals surface area contributed by atoms with Crippen LogP contribution in [0.5, 0.6) is 0 Å². The summed E-state index contributed by atoms with van der Waals surface area (Å²) in [5.74, 6) is -0.134. The van der Waals surface area contributed by atoms with E-state index < -0.39 is 0 Å². The summed E-state index contributed by atoms with van der Waals surface area (Å²) >= 11 is 0. The predicted octanol–water partition coefficient (Wildman–Crippen LogP) is 2.51. The van der Waals surface area contributed by atoms with E-state index in [0.29, 0.717) is 12.2 Å². The van der Waals surface area contributed by atoms with E-state index in [0.717, 1.165) is 24.3 Å². The van der Waals surface area contributed by atoms with Crippen LogP contribution in [0, 0.1) is 0 Å². The zero-order valence-corrected chi connectivity index (χ0v) is 13.0. The van der Waals surface area contributed by atoms with Crippen molar-refractivity contribution in [1.82, 2.24) is 15.2 Å². The van der Waals surface area contributed by atoms with Crippen LogP contribution >= 0.6 is 0 Å². The van der Waals surface area contributed by atoms with Crippen LogP contribution in [0.4, 0.5) is 11.4 Å². The van der Waals surface area contributed by atoms with Crippen LogP contribution in [0.15, 0.2) is 48.7 Å². The third-order valence-corrected chi connectivity index (χ3v) is 3.13. The van der Waals surface area contributed by atoms with Gasteiger partial charge in [-0.3, -0.25) is 4.79 Å². The number of pyridine rings is 1. The molecule has 0 spiro atoms. The molecule has 0 radical (unpaired) electrons. The molecular formula is C17H22N4O. The van der Waals surface area contributed by atoms with E-state index in [1.807, 2.05) is 50.5 Å². The maximum atomic E-state index is 12.0. The number of anilines is 2. The van der Waals surface area contributed by atoms with E-state index in [2.05, 4.69) is 20.5 Å². The van der Waals surface area contributed by atoms with Crippen molar-refractivity contribution >= 4 is 17.3 Å². The molecule has 2 N–H and O–H groups in total. The number of carbonyl (C=O) groups excluding carboxylic acids is 1. The first-order valence-corrected chi connectivity index (χ1v) is 7.36. The number of para-hydroxylation sites is 1. The van der Waals surface area contributed by atoms with E-state index >= 15 is 0 Å². The third-order valence-electron chi connectivity index (χ3n) is 3.13. The Hall–Kier alpha value is -2.40. The van der Waals surface area contributed by atoms with Gasteiger partial charge in [0, 0.05) is 12.2 Å². The quantitative estimate of drug-likeness (QED) is 0.771. The van der Waals surface area contributed by atoms with Crippen molar-refractivity contribution in [3.63, 3.8) is 0 Å². The molecule has 0 unspecified atom stereocenters. The normalized spacial score (nSPS) is 10.5. The molecule has 2 aromatic rings. The lowest BCUT2D eigenvalue weighted by Crippen LogP contribution is -2.27. The molecule has 0 saturated carbocycles. The molecule has 0 aliphatic heterocycles. The molecule has 0 atom stereocenters. The highest BCUT2D eigenvalue weighted by molar-refractivity contribution is 5.92. The zero-order chi connectivity index (χ0) is 15.8. The minimum Gasteiger partial charge on any atom is -0.354 e. The number of hydrogen-bond acceptors (Lipinski definition) is 4. The van der Waals surface area contributed by atoms with Crippen LogP contribution in [0.25, 0.3) is 0 Å². The van der Waals surface area contributed by atoms with Crippen molar-refractivity contribution < 1.29 is 4.79 Å². The zero-order valence-electron chi connectivity index (χ0n) is 13.0. The number of nitrogens with one attached hydrogen (secondary N) is 2. The highest BCUT2D eigenvalue weighted by atomic mass is 16.1. The smallest absolute Gasteiger partial charge is 0.269 e. The highest BCUT2D eigenvalue weighted by Crippen LogP contribution is 2.14. The van der Waals surface area contributed by atoms with Crippen LogP contribution in [0.3, 0.4) is 0 Å². The number of nitrogens with zero attached hydrogens (tertiary/aromatic N) is 2. The molecule has 0 bridgehead atoms. The maximum Gasteiger partial charge on any atom is 0.269 e. The Morgan fingerprint density at radius 3 is 2.50 bits per heavy atom. The van der Waals surface area contributed by atoms with Gasteiger partial charge in [-0.15, -0.1) is 0 Å². The molecule has 0 fully saturated rings. The minimum atomic E-state index is -0.134. The Morgan fingerprint density at radius 2 is 1.86 bits per heavy atom. The second-order valence-electron chi connectivity index (χ2n) is 5.34. The van der Waals surface area contributed by atoms with Crippen molar-refractivity contribution in [3.8, 4) is 0 Å². The van der Waals surface area contributed by atoms with E-state index in [9.17, 15) is 4.79 Å². The molecule has 22 heavy (non-hydrogen) atoms. The van der Waals surface area contributed by atoms with Crippen LogP contribution in [-0.2, 0) is 0 Å². The Morgan fingerprint density at radius 1 is 1.09 bits per heavy atom. The summed E-state index contributed by atoms with van der Waals surface area (Å²) in [6, 6.07) is 13.4. The van der Waals surface area contributed by atoms with Crippen molar-refractivity contribution in [2.45, 2.75) is 6.42 Å². The molecule has 1 heterocycles. The summed E-state index contributed by atoms with van der Waals surface area (Å²) < 4.78 is 0. The molecule has 0 aliphatic rings. The summed E-state index contributed by atoms with van der Waals surface area (Å²) in [6.07, 6.45) is 2.59. The fourth-order valence-electron chi connectivity index (χ4n) is 1.98. The van der Waals surface area contributed by atoms with E-state index in [1.54, 1.807) is 12.3 Å². The molecule has 1 aromatic heterocycles. The molecule has 2 rings (SSSR count). The fourth-order valence-corrected chi connectivity index (χ4v) is 1.98. The number of benzene rings is 1. The van der Waals surface area contributed by atoms with Crippen LogP contribution < -0.4 is 10.6 Å². The van der Waals surface area contributed by atoms with Crippen LogP contribution in [0.1, 0.15) is 16.9 Å². The maximum absolute atomic E-state index is 12.0. The lowest BCUT2D eigenvalue weighted by Gasteiger charge is -2.10. The summed E-state index contributed by atoms with van der Waals surface area (Å²) in [7, 11) is 4.03. The third kappa shape index (κ3) is 5.18. The lowest BCUT2D eigenvalue weighted by molar-refractivity contribution is 0.0947. The molecular weight excluding hydrogens is 276 g/mol. The summed E-state index contributed by atoms with van der Waals surface area (Å²) in [5.41, 5.74) is 2.28. The van der Waals surface area contributed by atoms with Gasteiger partial charge in [0.15, 0.2) is 0 Å². The van der Waals surface area contributed by atoms with Gasteiger partial charge in [-0.25, -0.2) is 4.98 Å². The SMILES string of the molecule is CN(C)CCCNC(=O)c1ccc(Nc2ccccc2)cn1. The van der Waals surface area contributed by atoms with Gasteiger partial charge in [-0.1, -0.05) is 18.2 Å². The van der Waals surface area contributed by atoms with E-state index in [-0.39, 0.29) is 5.91 Å². The van der Waals surface area contributed by atoms with Gasteiger partial charge in [0.05, 0.1) is 11.9 Å². The molecule has 5 heteroatoms. The van der Waals surface area contributed by atoms with Gasteiger partial charge >= 0.3 is 0 Å². The lowest BCUT2D eigenvalue weighted by atomic mass is 10.3. The van der Waals surface area contributed by atoms with Gasteiger partial charge < -0.3 is 15.5 Å². The Kier molecular flexibility index (Phi) is 5.91. The van der Waals surface area contributed by atoms with Crippen molar-refractivity contribution in [2.75, 3.05) is 32.5 Å². The standard InChI is InChI=1S/C17H22N4O/c1-21(2)12-6-11-18-17(22)16-10-9-15(13-19-16)20-14-7-4-3-5-8-14/h3-5,7-10,13,20H,6,11-12H2,1-2H3,(H,18,22). The highest BCUT2D eigenvalue weighted by Gasteiger charge is 2.06. The Balaban J connectivity index is 1.84. The first kappa shape index (κ1) is 16.0. The monoisotopic (exact) mass is 298 g/mol. The Bertz CT molecular complexity index is 581. The van der Waals surface area contributed by atoms with Crippen molar-refractivity contribution in [2.24, 2.45) is 0 Å². The van der Waals surface area contributed by atoms with Gasteiger partial charge in [-0.05, 0) is 51.3 Å². The Labute approximate surface area is 131 Å². The number of carbonyl (C=O) groups is 1. The summed E-state index contributed by atoms with van der Waals surface area (Å²) in [6.45, 7) is 1.61. The van der Waals surface area contributed by atoms with Crippen LogP contribution in [0.2, 0.25) is 0 Å². The summed E-state index contributed by atoms with van der Waals surface area (Å²) in [4.78, 5) is 18.2. The van der Waals surface area contributed by atoms with Gasteiger partial charge in [0.2, 0.25) is 0 Å². The molecule has 0 saturated heterocycles. The molecule has 1 amide bonds. The van der Waals surface area contributed by atoms with Gasteiger partial charge in [0.1, 0.15) is 5.69 Å². The average molecular weight is 298 g/mol. The first-order valence-electron chi connectivity index (χ1n) is 7.36. The minimum absolute atomic E-state index is 0.134. The average Bonchev–Trinajstić information content (AvgIpc) is 2.53. The van der Waals surface area contributed by atoms with Crippen molar-refractivity contribution in [3.05, 3.63) is 54.4 Å². The first-order chi connectivity index (χ1) is 10.6. The molecule has 1 aromatic carbocycles. The predicted molar refractivity (Wildman–Crippen MR) is 89.5 cm³/mol. The summed E-state index contributed by atoms with van der Waals surface area (Å²) in [5, 5.41) is 6.11. The molecule has 116 valence electrons. The van der Waals surface area contributed by atoms with E-state index in [4.69, 9.17) is 0 Å². The fraction of sp³-hybridized carbons (Fsp3) is 0.294. The number of hydrogen-bond donors (Lipinski definition) is 2. The number of amides is 1. The van der Waals surface area contributed by atoms with E-state index in [1.165, 1.54) is 0 Å². The van der Waals surface area contributed by atoms with Gasteiger partial charge in [-0.2, -0.15) is 0 Å². The topological polar surface area (TPSA) is 57.3 Å². The second-order valence-corrected chi connectivity index (χ2v) is 5.34.